The number of ether oxygens (including phenoxy) is 3. The lowest BCUT2D eigenvalue weighted by molar-refractivity contribution is -0.125. The average Bonchev–Trinajstić information content (AvgIpc) is 3.45. The van der Waals surface area contributed by atoms with Crippen LogP contribution in [0.4, 0.5) is 5.69 Å². The van der Waals surface area contributed by atoms with Crippen molar-refractivity contribution < 1.29 is 23.8 Å². The van der Waals surface area contributed by atoms with E-state index in [4.69, 9.17) is 14.2 Å². The van der Waals surface area contributed by atoms with Gasteiger partial charge in [0.25, 0.3) is 0 Å². The Morgan fingerprint density at radius 3 is 2.15 bits per heavy atom. The molecule has 2 N–H and O–H groups in total. The number of carbonyl (C=O) groups is 2. The van der Waals surface area contributed by atoms with E-state index in [0.717, 1.165) is 19.3 Å². The van der Waals surface area contributed by atoms with E-state index in [1.807, 2.05) is 0 Å². The van der Waals surface area contributed by atoms with Crippen LogP contribution in [-0.2, 0) is 9.59 Å². The molecule has 0 saturated heterocycles. The first-order chi connectivity index (χ1) is 12.5. The normalized spacial score (nSPS) is 18.0. The van der Waals surface area contributed by atoms with Gasteiger partial charge in [0.2, 0.25) is 17.6 Å². The lowest BCUT2D eigenvalue weighted by atomic mass is 10.2. The molecule has 0 bridgehead atoms. The summed E-state index contributed by atoms with van der Waals surface area (Å²) < 4.78 is 15.8. The number of anilines is 1. The van der Waals surface area contributed by atoms with Crippen molar-refractivity contribution >= 4 is 17.5 Å². The van der Waals surface area contributed by atoms with Crippen LogP contribution in [0.5, 0.6) is 17.2 Å². The van der Waals surface area contributed by atoms with Gasteiger partial charge in [-0.2, -0.15) is 0 Å². The van der Waals surface area contributed by atoms with Crippen molar-refractivity contribution in [1.29, 1.82) is 0 Å². The molecule has 1 aromatic rings. The highest BCUT2D eigenvalue weighted by Crippen LogP contribution is 2.42. The Labute approximate surface area is 154 Å². The zero-order valence-corrected chi connectivity index (χ0v) is 15.9. The first kappa shape index (κ1) is 19.9. The van der Waals surface area contributed by atoms with Gasteiger partial charge in [-0.3, -0.25) is 9.59 Å². The Morgan fingerprint density at radius 2 is 1.62 bits per heavy atom. The number of rotatable bonds is 10. The summed E-state index contributed by atoms with van der Waals surface area (Å²) in [6.45, 7) is 2.79. The van der Waals surface area contributed by atoms with Crippen LogP contribution >= 0.6 is 0 Å². The molecule has 0 heterocycles. The predicted molar refractivity (Wildman–Crippen MR) is 98.9 cm³/mol. The van der Waals surface area contributed by atoms with Crippen LogP contribution in [0.1, 0.15) is 32.6 Å². The maximum atomic E-state index is 12.4. The molecule has 1 aliphatic carbocycles. The van der Waals surface area contributed by atoms with Crippen molar-refractivity contribution in [2.24, 2.45) is 11.8 Å². The molecule has 2 amide bonds. The fourth-order valence-corrected chi connectivity index (χ4v) is 2.88. The van der Waals surface area contributed by atoms with E-state index in [1.54, 1.807) is 12.1 Å². The van der Waals surface area contributed by atoms with Crippen molar-refractivity contribution in [2.45, 2.75) is 32.6 Å². The quantitative estimate of drug-likeness (QED) is 0.623. The number of methoxy groups -OCH3 is 3. The smallest absolute Gasteiger partial charge is 0.228 e. The Morgan fingerprint density at radius 1 is 1.00 bits per heavy atom. The third-order valence-corrected chi connectivity index (χ3v) is 4.48. The van der Waals surface area contributed by atoms with Gasteiger partial charge in [-0.25, -0.2) is 0 Å². The van der Waals surface area contributed by atoms with E-state index >= 15 is 0 Å². The minimum atomic E-state index is -0.291. The summed E-state index contributed by atoms with van der Waals surface area (Å²) in [6, 6.07) is 3.34. The van der Waals surface area contributed by atoms with Gasteiger partial charge in [0, 0.05) is 24.4 Å². The summed E-state index contributed by atoms with van der Waals surface area (Å²) in [5.74, 6) is 0.646. The van der Waals surface area contributed by atoms with Crippen LogP contribution in [0.3, 0.4) is 0 Å². The molecule has 7 heteroatoms. The van der Waals surface area contributed by atoms with Crippen LogP contribution < -0.4 is 24.8 Å². The van der Waals surface area contributed by atoms with Gasteiger partial charge < -0.3 is 24.8 Å². The Kier molecular flexibility index (Phi) is 7.12. The zero-order valence-electron chi connectivity index (χ0n) is 15.9. The fourth-order valence-electron chi connectivity index (χ4n) is 2.88. The van der Waals surface area contributed by atoms with Gasteiger partial charge >= 0.3 is 0 Å². The van der Waals surface area contributed by atoms with Gasteiger partial charge in [0.05, 0.1) is 33.2 Å². The van der Waals surface area contributed by atoms with Crippen molar-refractivity contribution in [3.63, 3.8) is 0 Å². The second kappa shape index (κ2) is 9.31. The topological polar surface area (TPSA) is 85.9 Å². The van der Waals surface area contributed by atoms with E-state index in [9.17, 15) is 9.59 Å². The Balaban J connectivity index is 1.93. The van der Waals surface area contributed by atoms with E-state index in [-0.39, 0.29) is 23.7 Å². The van der Waals surface area contributed by atoms with Crippen LogP contribution in [0.25, 0.3) is 0 Å². The number of amides is 2. The predicted octanol–water partition coefficient (Wildman–Crippen LogP) is 2.59. The second-order valence-electron chi connectivity index (χ2n) is 6.35. The number of nitrogens with one attached hydrogen (secondary N) is 2. The molecule has 1 fully saturated rings. The second-order valence-corrected chi connectivity index (χ2v) is 6.35. The summed E-state index contributed by atoms with van der Waals surface area (Å²) in [4.78, 5) is 24.5. The molecule has 0 spiro atoms. The molecule has 2 unspecified atom stereocenters. The summed E-state index contributed by atoms with van der Waals surface area (Å²) in [5.41, 5.74) is 0.540. The summed E-state index contributed by atoms with van der Waals surface area (Å²) in [7, 11) is 4.55. The summed E-state index contributed by atoms with van der Waals surface area (Å²) >= 11 is 0. The first-order valence-corrected chi connectivity index (χ1v) is 8.94. The lowest BCUT2D eigenvalue weighted by Gasteiger charge is -2.14. The van der Waals surface area contributed by atoms with Gasteiger partial charge in [-0.15, -0.1) is 0 Å². The third-order valence-electron chi connectivity index (χ3n) is 4.48. The number of hydrogen-bond donors (Lipinski definition) is 2. The monoisotopic (exact) mass is 364 g/mol. The molecule has 1 saturated carbocycles. The maximum absolute atomic E-state index is 12.4. The highest BCUT2D eigenvalue weighted by Gasteiger charge is 2.47. The average molecular weight is 364 g/mol. The van der Waals surface area contributed by atoms with Crippen molar-refractivity contribution in [1.82, 2.24) is 5.32 Å². The molecular formula is C19H28N2O5. The molecule has 7 nitrogen and oxygen atoms in total. The number of unbranched alkanes of at least 4 members (excludes halogenated alkanes) is 2. The highest BCUT2D eigenvalue weighted by atomic mass is 16.5. The standard InChI is InChI=1S/C19H28N2O5/c1-5-6-7-8-20-18(22)13-11-14(13)19(23)21-12-9-15(24-2)17(26-4)16(10-12)25-3/h9-10,13-14H,5-8,11H2,1-4H3,(H,20,22)(H,21,23). The van der Waals surface area contributed by atoms with Gasteiger partial charge in [-0.05, 0) is 12.8 Å². The molecule has 0 aromatic heterocycles. The van der Waals surface area contributed by atoms with Crippen LogP contribution in [0.15, 0.2) is 12.1 Å². The van der Waals surface area contributed by atoms with Crippen LogP contribution in [0, 0.1) is 11.8 Å². The van der Waals surface area contributed by atoms with E-state index in [1.165, 1.54) is 21.3 Å². The maximum Gasteiger partial charge on any atom is 0.228 e. The highest BCUT2D eigenvalue weighted by molar-refractivity contribution is 5.99. The molecule has 2 rings (SSSR count). The van der Waals surface area contributed by atoms with Gasteiger partial charge in [0.15, 0.2) is 11.5 Å². The van der Waals surface area contributed by atoms with Gasteiger partial charge in [0.1, 0.15) is 0 Å². The van der Waals surface area contributed by atoms with Crippen LogP contribution in [0.2, 0.25) is 0 Å². The van der Waals surface area contributed by atoms with E-state index in [2.05, 4.69) is 17.6 Å². The molecular weight excluding hydrogens is 336 g/mol. The lowest BCUT2D eigenvalue weighted by Crippen LogP contribution is -2.28. The molecule has 0 radical (unpaired) electrons. The zero-order chi connectivity index (χ0) is 19.1. The number of hydrogen-bond acceptors (Lipinski definition) is 5. The van der Waals surface area contributed by atoms with Gasteiger partial charge in [-0.1, -0.05) is 19.8 Å². The summed E-state index contributed by atoms with van der Waals surface area (Å²) in [5, 5.41) is 5.74. The molecule has 144 valence electrons. The summed E-state index contributed by atoms with van der Waals surface area (Å²) in [6.07, 6.45) is 3.75. The first-order valence-electron chi connectivity index (χ1n) is 8.94. The Hall–Kier alpha value is -2.44. The van der Waals surface area contributed by atoms with Crippen LogP contribution in [-0.4, -0.2) is 39.7 Å². The number of benzene rings is 1. The minimum Gasteiger partial charge on any atom is -0.493 e. The van der Waals surface area contributed by atoms with Crippen molar-refractivity contribution in [2.75, 3.05) is 33.2 Å². The molecule has 1 aromatic carbocycles. The largest absolute Gasteiger partial charge is 0.493 e. The minimum absolute atomic E-state index is 0.0360. The van der Waals surface area contributed by atoms with E-state index in [0.29, 0.717) is 35.9 Å². The molecule has 26 heavy (non-hydrogen) atoms. The molecule has 0 aliphatic heterocycles. The van der Waals surface area contributed by atoms with Crippen molar-refractivity contribution in [3.8, 4) is 17.2 Å². The molecule has 2 atom stereocenters. The SMILES string of the molecule is CCCCCNC(=O)C1CC1C(=O)Nc1cc(OC)c(OC)c(OC)c1. The number of carbonyl (C=O) groups excluding carboxylic acids is 2. The fraction of sp³-hybridized carbons (Fsp3) is 0.579. The third kappa shape index (κ3) is 4.80. The van der Waals surface area contributed by atoms with Crippen molar-refractivity contribution in [3.05, 3.63) is 12.1 Å². The van der Waals surface area contributed by atoms with E-state index < -0.39 is 0 Å². The Bertz CT molecular complexity index is 622. The molecule has 1 aliphatic rings.